The minimum atomic E-state index is -0.319. The van der Waals surface area contributed by atoms with E-state index in [9.17, 15) is 9.59 Å². The van der Waals surface area contributed by atoms with E-state index in [4.69, 9.17) is 12.2 Å². The van der Waals surface area contributed by atoms with Crippen molar-refractivity contribution >= 4 is 35.5 Å². The van der Waals surface area contributed by atoms with Crippen molar-refractivity contribution in [1.29, 1.82) is 0 Å². The van der Waals surface area contributed by atoms with Gasteiger partial charge in [0.1, 0.15) is 6.54 Å². The molecule has 3 aromatic heterocycles. The smallest absolute Gasteiger partial charge is 0.258 e. The van der Waals surface area contributed by atoms with Crippen molar-refractivity contribution in [3.63, 3.8) is 0 Å². The number of amides is 2. The quantitative estimate of drug-likeness (QED) is 0.622. The maximum Gasteiger partial charge on any atom is 0.258 e. The number of H-pyrrole nitrogens is 1. The first-order chi connectivity index (χ1) is 13.5. The number of anilines is 1. The maximum atomic E-state index is 12.5. The Hall–Kier alpha value is -3.05. The molecule has 0 atom stereocenters. The van der Waals surface area contributed by atoms with E-state index in [0.717, 1.165) is 26.2 Å². The summed E-state index contributed by atoms with van der Waals surface area (Å²) in [4.78, 5) is 28.9. The Morgan fingerprint density at radius 3 is 2.79 bits per heavy atom. The summed E-state index contributed by atoms with van der Waals surface area (Å²) in [7, 11) is 2.04. The number of rotatable bonds is 4. The largest absolute Gasteiger partial charge is 0.339 e. The molecule has 3 aromatic rings. The van der Waals surface area contributed by atoms with Gasteiger partial charge in [0, 0.05) is 44.6 Å². The van der Waals surface area contributed by atoms with E-state index in [1.165, 1.54) is 4.68 Å². The van der Waals surface area contributed by atoms with Crippen molar-refractivity contribution in [2.24, 2.45) is 0 Å². The summed E-state index contributed by atoms with van der Waals surface area (Å²) in [5.74, 6) is 0.0848. The van der Waals surface area contributed by atoms with E-state index in [0.29, 0.717) is 21.8 Å². The van der Waals surface area contributed by atoms with Crippen LogP contribution in [0.25, 0.3) is 5.65 Å². The minimum Gasteiger partial charge on any atom is -0.339 e. The van der Waals surface area contributed by atoms with Gasteiger partial charge in [0.15, 0.2) is 16.2 Å². The summed E-state index contributed by atoms with van der Waals surface area (Å²) in [5, 5.41) is 13.7. The van der Waals surface area contributed by atoms with Gasteiger partial charge in [-0.2, -0.15) is 10.2 Å². The summed E-state index contributed by atoms with van der Waals surface area (Å²) in [6.07, 6.45) is 3.29. The summed E-state index contributed by atoms with van der Waals surface area (Å²) >= 11 is 5.13. The SMILES string of the molecule is CN1CCN(C(=O)Cn2ccc(NC(=O)c3ccc4n[nH]c(=S)n4c3)n2)CC1. The molecule has 0 aliphatic carbocycles. The Bertz CT molecular complexity index is 1080. The van der Waals surface area contributed by atoms with Crippen LogP contribution in [0.4, 0.5) is 5.82 Å². The van der Waals surface area contributed by atoms with Crippen molar-refractivity contribution < 1.29 is 9.59 Å². The lowest BCUT2D eigenvalue weighted by molar-refractivity contribution is -0.133. The van der Waals surface area contributed by atoms with Gasteiger partial charge in [-0.25, -0.2) is 0 Å². The van der Waals surface area contributed by atoms with Crippen molar-refractivity contribution in [3.05, 3.63) is 40.9 Å². The molecule has 0 radical (unpaired) electrons. The lowest BCUT2D eigenvalue weighted by Gasteiger charge is -2.32. The summed E-state index contributed by atoms with van der Waals surface area (Å²) in [6.45, 7) is 3.34. The lowest BCUT2D eigenvalue weighted by Crippen LogP contribution is -2.48. The van der Waals surface area contributed by atoms with Gasteiger partial charge in [0.2, 0.25) is 5.91 Å². The fourth-order valence-corrected chi connectivity index (χ4v) is 3.23. The molecule has 0 bridgehead atoms. The zero-order valence-corrected chi connectivity index (χ0v) is 16.1. The molecule has 1 saturated heterocycles. The number of piperazine rings is 1. The van der Waals surface area contributed by atoms with E-state index < -0.39 is 0 Å². The number of aromatic amines is 1. The third-order valence-corrected chi connectivity index (χ3v) is 5.00. The molecule has 28 heavy (non-hydrogen) atoms. The fraction of sp³-hybridized carbons (Fsp3) is 0.353. The van der Waals surface area contributed by atoms with E-state index in [1.54, 1.807) is 35.0 Å². The van der Waals surface area contributed by atoms with Crippen LogP contribution in [0.1, 0.15) is 10.4 Å². The van der Waals surface area contributed by atoms with Crippen LogP contribution >= 0.6 is 12.2 Å². The number of aromatic nitrogens is 5. The molecule has 2 amide bonds. The normalized spacial score (nSPS) is 15.1. The number of hydrogen-bond acceptors (Lipinski definition) is 6. The van der Waals surface area contributed by atoms with Crippen LogP contribution in [0.2, 0.25) is 0 Å². The molecule has 146 valence electrons. The first-order valence-corrected chi connectivity index (χ1v) is 9.28. The van der Waals surface area contributed by atoms with Crippen LogP contribution in [0.15, 0.2) is 30.6 Å². The van der Waals surface area contributed by atoms with E-state index in [2.05, 4.69) is 25.5 Å². The number of carbonyl (C=O) groups excluding carboxylic acids is 2. The van der Waals surface area contributed by atoms with Gasteiger partial charge >= 0.3 is 0 Å². The van der Waals surface area contributed by atoms with Gasteiger partial charge in [-0.05, 0) is 31.4 Å². The highest BCUT2D eigenvalue weighted by Crippen LogP contribution is 2.10. The standard InChI is InChI=1S/C17H20N8O2S/c1-22-6-8-23(9-7-22)15(26)11-24-5-4-13(21-24)18-16(27)12-2-3-14-19-20-17(28)25(14)10-12/h2-5,10H,6-9,11H2,1H3,(H,20,28)(H,18,21,27). The Morgan fingerprint density at radius 2 is 2.00 bits per heavy atom. The van der Waals surface area contributed by atoms with Gasteiger partial charge in [-0.1, -0.05) is 0 Å². The fourth-order valence-electron chi connectivity index (χ4n) is 3.04. The second-order valence-electron chi connectivity index (χ2n) is 6.71. The topological polar surface area (TPSA) is 104 Å². The number of likely N-dealkylation sites (N-methyl/N-ethyl adjacent to an activating group) is 1. The molecule has 0 spiro atoms. The molecule has 0 unspecified atom stereocenters. The van der Waals surface area contributed by atoms with Gasteiger partial charge < -0.3 is 15.1 Å². The minimum absolute atomic E-state index is 0.0221. The Labute approximate surface area is 165 Å². The van der Waals surface area contributed by atoms with E-state index >= 15 is 0 Å². The van der Waals surface area contributed by atoms with Gasteiger partial charge in [0.25, 0.3) is 5.91 Å². The number of nitrogens with zero attached hydrogens (tertiary/aromatic N) is 6. The van der Waals surface area contributed by atoms with Crippen LogP contribution < -0.4 is 5.32 Å². The second kappa shape index (κ2) is 7.52. The third-order valence-electron chi connectivity index (χ3n) is 4.71. The predicted molar refractivity (Wildman–Crippen MR) is 105 cm³/mol. The van der Waals surface area contributed by atoms with Crippen molar-refractivity contribution in [3.8, 4) is 0 Å². The second-order valence-corrected chi connectivity index (χ2v) is 7.10. The van der Waals surface area contributed by atoms with Crippen LogP contribution in [-0.2, 0) is 11.3 Å². The monoisotopic (exact) mass is 400 g/mol. The molecule has 1 aliphatic rings. The Kier molecular flexibility index (Phi) is 4.92. The number of pyridine rings is 1. The Balaban J connectivity index is 1.39. The van der Waals surface area contributed by atoms with Crippen molar-refractivity contribution in [2.45, 2.75) is 6.54 Å². The molecule has 10 nitrogen and oxygen atoms in total. The average Bonchev–Trinajstić information content (AvgIpc) is 3.28. The maximum absolute atomic E-state index is 12.5. The first-order valence-electron chi connectivity index (χ1n) is 8.87. The third kappa shape index (κ3) is 3.80. The molecular formula is C17H20N8O2S. The summed E-state index contributed by atoms with van der Waals surface area (Å²) < 4.78 is 3.57. The highest BCUT2D eigenvalue weighted by Gasteiger charge is 2.19. The highest BCUT2D eigenvalue weighted by atomic mass is 32.1. The molecule has 4 heterocycles. The van der Waals surface area contributed by atoms with E-state index in [1.807, 2.05) is 11.9 Å². The molecule has 4 rings (SSSR count). The number of carbonyl (C=O) groups is 2. The highest BCUT2D eigenvalue weighted by molar-refractivity contribution is 7.71. The van der Waals surface area contributed by atoms with Gasteiger partial charge in [-0.15, -0.1) is 0 Å². The van der Waals surface area contributed by atoms with Crippen molar-refractivity contribution in [1.82, 2.24) is 34.2 Å². The molecule has 1 fully saturated rings. The Morgan fingerprint density at radius 1 is 1.21 bits per heavy atom. The molecule has 0 saturated carbocycles. The van der Waals surface area contributed by atoms with Gasteiger partial charge in [-0.3, -0.25) is 23.8 Å². The summed E-state index contributed by atoms with van der Waals surface area (Å²) in [6, 6.07) is 5.03. The number of hydrogen-bond donors (Lipinski definition) is 2. The molecule has 0 aromatic carbocycles. The first kappa shape index (κ1) is 18.3. The van der Waals surface area contributed by atoms with E-state index in [-0.39, 0.29) is 18.4 Å². The van der Waals surface area contributed by atoms with Crippen molar-refractivity contribution in [2.75, 3.05) is 38.5 Å². The number of fused-ring (bicyclic) bond motifs is 1. The van der Waals surface area contributed by atoms with Crippen LogP contribution in [0.5, 0.6) is 0 Å². The van der Waals surface area contributed by atoms with Crippen LogP contribution in [-0.4, -0.2) is 79.2 Å². The average molecular weight is 400 g/mol. The van der Waals surface area contributed by atoms with Crippen LogP contribution in [0.3, 0.4) is 0 Å². The van der Waals surface area contributed by atoms with Gasteiger partial charge in [0.05, 0.1) is 5.56 Å². The number of nitrogens with one attached hydrogen (secondary N) is 2. The molecule has 1 aliphatic heterocycles. The predicted octanol–water partition coefficient (Wildman–Crippen LogP) is 0.615. The van der Waals surface area contributed by atoms with Crippen LogP contribution in [0, 0.1) is 4.77 Å². The molecule has 2 N–H and O–H groups in total. The molecule has 11 heteroatoms. The lowest BCUT2D eigenvalue weighted by atomic mass is 10.2. The molecular weight excluding hydrogens is 380 g/mol. The zero-order chi connectivity index (χ0) is 19.7. The summed E-state index contributed by atoms with van der Waals surface area (Å²) in [5.41, 5.74) is 1.06. The zero-order valence-electron chi connectivity index (χ0n) is 15.3.